The van der Waals surface area contributed by atoms with Crippen LogP contribution in [0.2, 0.25) is 0 Å². The van der Waals surface area contributed by atoms with E-state index in [0.717, 1.165) is 36.3 Å². The van der Waals surface area contributed by atoms with Crippen LogP contribution in [0.5, 0.6) is 0 Å². The van der Waals surface area contributed by atoms with Gasteiger partial charge in [-0.1, -0.05) is 17.8 Å². The molecule has 1 saturated heterocycles. The number of hydrogen-bond donors (Lipinski definition) is 0. The molecule has 1 heterocycles. The van der Waals surface area contributed by atoms with Gasteiger partial charge in [-0.2, -0.15) is 0 Å². The summed E-state index contributed by atoms with van der Waals surface area (Å²) in [6, 6.07) is 11.9. The molecule has 4 nitrogen and oxygen atoms in total. The lowest BCUT2D eigenvalue weighted by molar-refractivity contribution is -0.169. The van der Waals surface area contributed by atoms with Gasteiger partial charge in [0.1, 0.15) is 0 Å². The van der Waals surface area contributed by atoms with Crippen molar-refractivity contribution in [3.63, 3.8) is 0 Å². The largest absolute Gasteiger partial charge is 0.465 e. The first-order valence-electron chi connectivity index (χ1n) is 9.26. The summed E-state index contributed by atoms with van der Waals surface area (Å²) < 4.78 is 16.5. The van der Waals surface area contributed by atoms with Crippen molar-refractivity contribution in [3.8, 4) is 0 Å². The molecular weight excluding hydrogens is 360 g/mol. The van der Waals surface area contributed by atoms with Gasteiger partial charge in [-0.25, -0.2) is 4.79 Å². The lowest BCUT2D eigenvalue weighted by Gasteiger charge is -2.23. The minimum absolute atomic E-state index is 0.0995. The predicted octanol–water partition coefficient (Wildman–Crippen LogP) is 5.28. The minimum Gasteiger partial charge on any atom is -0.465 e. The second-order valence-corrected chi connectivity index (χ2v) is 7.88. The first kappa shape index (κ1) is 19.9. The lowest BCUT2D eigenvalue weighted by Crippen LogP contribution is -2.22. The summed E-state index contributed by atoms with van der Waals surface area (Å²) in [6.45, 7) is 5.56. The summed E-state index contributed by atoms with van der Waals surface area (Å²) in [5.74, 6) is -0.320. The van der Waals surface area contributed by atoms with Crippen LogP contribution in [0.3, 0.4) is 0 Å². The van der Waals surface area contributed by atoms with E-state index in [4.69, 9.17) is 14.2 Å². The van der Waals surface area contributed by atoms with Crippen molar-refractivity contribution < 1.29 is 19.0 Å². The highest BCUT2D eigenvalue weighted by Gasteiger charge is 2.16. The first-order valence-corrected chi connectivity index (χ1v) is 10.1. The summed E-state index contributed by atoms with van der Waals surface area (Å²) in [7, 11) is 1.39. The molecule has 144 valence electrons. The molecule has 5 heteroatoms. The average Bonchev–Trinajstić information content (AvgIpc) is 2.70. The van der Waals surface area contributed by atoms with Gasteiger partial charge in [0.2, 0.25) is 0 Å². The predicted molar refractivity (Wildman–Crippen MR) is 106 cm³/mol. The van der Waals surface area contributed by atoms with Crippen LogP contribution >= 0.6 is 11.8 Å². The zero-order valence-corrected chi connectivity index (χ0v) is 16.9. The van der Waals surface area contributed by atoms with Crippen LogP contribution in [0.1, 0.15) is 46.3 Å². The molecule has 0 amide bonds. The molecule has 27 heavy (non-hydrogen) atoms. The number of hydrogen-bond acceptors (Lipinski definition) is 5. The second kappa shape index (κ2) is 9.40. The van der Waals surface area contributed by atoms with Crippen molar-refractivity contribution in [3.05, 3.63) is 58.7 Å². The number of benzene rings is 2. The van der Waals surface area contributed by atoms with E-state index in [1.54, 1.807) is 23.9 Å². The van der Waals surface area contributed by atoms with E-state index in [0.29, 0.717) is 12.2 Å². The quantitative estimate of drug-likeness (QED) is 0.632. The molecule has 1 aliphatic rings. The Morgan fingerprint density at radius 1 is 1.15 bits per heavy atom. The number of methoxy groups -OCH3 is 1. The summed E-state index contributed by atoms with van der Waals surface area (Å²) in [5.41, 5.74) is 4.22. The van der Waals surface area contributed by atoms with E-state index in [1.165, 1.54) is 23.1 Å². The third kappa shape index (κ3) is 5.34. The van der Waals surface area contributed by atoms with Crippen LogP contribution < -0.4 is 0 Å². The van der Waals surface area contributed by atoms with Crippen LogP contribution in [-0.4, -0.2) is 26.0 Å². The van der Waals surface area contributed by atoms with Crippen molar-refractivity contribution in [1.29, 1.82) is 0 Å². The number of carbonyl (C=O) groups excluding carboxylic acids is 1. The zero-order valence-electron chi connectivity index (χ0n) is 16.1. The Kier molecular flexibility index (Phi) is 6.94. The van der Waals surface area contributed by atoms with Crippen molar-refractivity contribution >= 4 is 17.7 Å². The Balaban J connectivity index is 1.75. The number of rotatable bonds is 6. The standard InChI is InChI=1S/C22H26O4S/c1-15-12-18(14-26-21-6-4-5-11-25-21)20(13-16(15)2)27-19-9-7-17(8-10-19)22(23)24-3/h7-10,12-13,21H,4-6,11,14H2,1-3H3. The summed E-state index contributed by atoms with van der Waals surface area (Å²) in [4.78, 5) is 13.8. The molecule has 1 unspecified atom stereocenters. The minimum atomic E-state index is -0.320. The Morgan fingerprint density at radius 3 is 2.56 bits per heavy atom. The van der Waals surface area contributed by atoms with Gasteiger partial charge in [-0.15, -0.1) is 0 Å². The molecule has 0 N–H and O–H groups in total. The fraction of sp³-hybridized carbons (Fsp3) is 0.409. The highest BCUT2D eigenvalue weighted by Crippen LogP contribution is 2.33. The molecule has 1 aliphatic heterocycles. The molecule has 0 spiro atoms. The molecule has 2 aromatic carbocycles. The van der Waals surface area contributed by atoms with E-state index in [9.17, 15) is 4.79 Å². The molecule has 0 aliphatic carbocycles. The molecule has 0 saturated carbocycles. The highest BCUT2D eigenvalue weighted by atomic mass is 32.2. The van der Waals surface area contributed by atoms with Crippen LogP contribution in [0.15, 0.2) is 46.2 Å². The molecule has 1 fully saturated rings. The van der Waals surface area contributed by atoms with Crippen LogP contribution in [0.4, 0.5) is 0 Å². The van der Waals surface area contributed by atoms with Crippen LogP contribution in [0, 0.1) is 13.8 Å². The third-order valence-corrected chi connectivity index (χ3v) is 5.85. The summed E-state index contributed by atoms with van der Waals surface area (Å²) in [5, 5.41) is 0. The maximum Gasteiger partial charge on any atom is 0.337 e. The number of esters is 1. The van der Waals surface area contributed by atoms with E-state index in [-0.39, 0.29) is 12.3 Å². The molecule has 2 aromatic rings. The monoisotopic (exact) mass is 386 g/mol. The van der Waals surface area contributed by atoms with Gasteiger partial charge in [0.25, 0.3) is 0 Å². The maximum absolute atomic E-state index is 11.6. The van der Waals surface area contributed by atoms with Gasteiger partial charge < -0.3 is 14.2 Å². The fourth-order valence-corrected chi connectivity index (χ4v) is 4.00. The Morgan fingerprint density at radius 2 is 1.89 bits per heavy atom. The fourth-order valence-electron chi connectivity index (χ4n) is 2.99. The van der Waals surface area contributed by atoms with Crippen molar-refractivity contribution in [2.45, 2.75) is 55.8 Å². The number of aryl methyl sites for hydroxylation is 2. The van der Waals surface area contributed by atoms with Gasteiger partial charge in [-0.3, -0.25) is 0 Å². The number of carbonyl (C=O) groups is 1. The Hall–Kier alpha value is -1.82. The Bertz CT molecular complexity index is 780. The molecule has 1 atom stereocenters. The first-order chi connectivity index (χ1) is 13.1. The van der Waals surface area contributed by atoms with Crippen LogP contribution in [0.25, 0.3) is 0 Å². The van der Waals surface area contributed by atoms with Gasteiger partial charge >= 0.3 is 5.97 Å². The second-order valence-electron chi connectivity index (χ2n) is 6.77. The topological polar surface area (TPSA) is 44.8 Å². The van der Waals surface area contributed by atoms with E-state index in [1.807, 2.05) is 12.1 Å². The van der Waals surface area contributed by atoms with Crippen LogP contribution in [-0.2, 0) is 20.8 Å². The Labute approximate surface area is 165 Å². The maximum atomic E-state index is 11.6. The van der Waals surface area contributed by atoms with Gasteiger partial charge in [-0.05, 0) is 80.1 Å². The molecule has 0 bridgehead atoms. The smallest absolute Gasteiger partial charge is 0.337 e. The van der Waals surface area contributed by atoms with Crippen molar-refractivity contribution in [2.24, 2.45) is 0 Å². The summed E-state index contributed by atoms with van der Waals surface area (Å²) >= 11 is 1.68. The summed E-state index contributed by atoms with van der Waals surface area (Å²) in [6.07, 6.45) is 3.14. The SMILES string of the molecule is COC(=O)c1ccc(Sc2cc(C)c(C)cc2COC2CCCCO2)cc1. The molecule has 0 aromatic heterocycles. The average molecular weight is 387 g/mol. The van der Waals surface area contributed by atoms with Crippen molar-refractivity contribution in [1.82, 2.24) is 0 Å². The molecule has 3 rings (SSSR count). The molecular formula is C22H26O4S. The normalized spacial score (nSPS) is 16.9. The lowest BCUT2D eigenvalue weighted by atomic mass is 10.1. The number of ether oxygens (including phenoxy) is 3. The van der Waals surface area contributed by atoms with Gasteiger partial charge in [0.15, 0.2) is 6.29 Å². The molecule has 0 radical (unpaired) electrons. The van der Waals surface area contributed by atoms with Crippen molar-refractivity contribution in [2.75, 3.05) is 13.7 Å². The zero-order chi connectivity index (χ0) is 19.2. The third-order valence-electron chi connectivity index (χ3n) is 4.74. The van der Waals surface area contributed by atoms with E-state index < -0.39 is 0 Å². The van der Waals surface area contributed by atoms with E-state index in [2.05, 4.69) is 26.0 Å². The highest BCUT2D eigenvalue weighted by molar-refractivity contribution is 7.99. The van der Waals surface area contributed by atoms with Gasteiger partial charge in [0, 0.05) is 16.4 Å². The van der Waals surface area contributed by atoms with Gasteiger partial charge in [0.05, 0.1) is 19.3 Å². The van der Waals surface area contributed by atoms with E-state index >= 15 is 0 Å².